The van der Waals surface area contributed by atoms with E-state index in [9.17, 15) is 5.11 Å². The fourth-order valence-electron chi connectivity index (χ4n) is 2.36. The minimum atomic E-state index is -0.151. The molecule has 1 N–H and O–H groups in total. The van der Waals surface area contributed by atoms with E-state index >= 15 is 0 Å². The molecule has 2 heteroatoms. The van der Waals surface area contributed by atoms with E-state index in [2.05, 4.69) is 19.1 Å². The van der Waals surface area contributed by atoms with E-state index in [-0.39, 0.29) is 6.10 Å². The fourth-order valence-corrected chi connectivity index (χ4v) is 2.36. The zero-order valence-electron chi connectivity index (χ0n) is 9.86. The molecule has 1 fully saturated rings. The highest BCUT2D eigenvalue weighted by Gasteiger charge is 2.26. The number of benzene rings is 1. The maximum absolute atomic E-state index is 9.82. The maximum Gasteiger partial charge on any atom is 0.119 e. The van der Waals surface area contributed by atoms with Gasteiger partial charge in [0.2, 0.25) is 0 Å². The Morgan fingerprint density at radius 2 is 2.00 bits per heavy atom. The summed E-state index contributed by atoms with van der Waals surface area (Å²) in [6.07, 6.45) is 4.07. The molecule has 0 radical (unpaired) electrons. The molecule has 2 atom stereocenters. The van der Waals surface area contributed by atoms with Gasteiger partial charge in [-0.25, -0.2) is 0 Å². The average molecular weight is 220 g/mol. The molecule has 0 amide bonds. The topological polar surface area (TPSA) is 29.5 Å². The SMILES string of the molecule is CCCOc1ccc(C2CCCC2O)cc1. The molecule has 2 unspecified atom stereocenters. The van der Waals surface area contributed by atoms with Gasteiger partial charge in [0.25, 0.3) is 0 Å². The van der Waals surface area contributed by atoms with Crippen molar-refractivity contribution in [2.75, 3.05) is 6.61 Å². The van der Waals surface area contributed by atoms with Crippen LogP contribution in [0.25, 0.3) is 0 Å². The number of ether oxygens (including phenoxy) is 1. The van der Waals surface area contributed by atoms with Crippen molar-refractivity contribution < 1.29 is 9.84 Å². The van der Waals surface area contributed by atoms with Crippen LogP contribution in [0.1, 0.15) is 44.1 Å². The van der Waals surface area contributed by atoms with E-state index in [1.165, 1.54) is 5.56 Å². The van der Waals surface area contributed by atoms with Gasteiger partial charge in [0.05, 0.1) is 12.7 Å². The quantitative estimate of drug-likeness (QED) is 0.844. The smallest absolute Gasteiger partial charge is 0.119 e. The van der Waals surface area contributed by atoms with Gasteiger partial charge < -0.3 is 9.84 Å². The first-order valence-corrected chi connectivity index (χ1v) is 6.22. The predicted molar refractivity (Wildman–Crippen MR) is 64.8 cm³/mol. The average Bonchev–Trinajstić information content (AvgIpc) is 2.74. The van der Waals surface area contributed by atoms with Crippen molar-refractivity contribution in [3.05, 3.63) is 29.8 Å². The molecule has 1 aliphatic rings. The van der Waals surface area contributed by atoms with Crippen LogP contribution in [0, 0.1) is 0 Å². The molecule has 1 aliphatic carbocycles. The van der Waals surface area contributed by atoms with Gasteiger partial charge in [-0.15, -0.1) is 0 Å². The lowest BCUT2D eigenvalue weighted by Crippen LogP contribution is -2.10. The zero-order chi connectivity index (χ0) is 11.4. The number of hydrogen-bond donors (Lipinski definition) is 1. The van der Waals surface area contributed by atoms with Gasteiger partial charge in [-0.3, -0.25) is 0 Å². The number of aliphatic hydroxyl groups is 1. The molecule has 0 spiro atoms. The van der Waals surface area contributed by atoms with Crippen molar-refractivity contribution in [3.8, 4) is 5.75 Å². The second-order valence-corrected chi connectivity index (χ2v) is 4.52. The Bertz CT molecular complexity index is 318. The monoisotopic (exact) mass is 220 g/mol. The summed E-state index contributed by atoms with van der Waals surface area (Å²) < 4.78 is 5.54. The molecule has 1 aromatic rings. The highest BCUT2D eigenvalue weighted by atomic mass is 16.5. The molecule has 16 heavy (non-hydrogen) atoms. The lowest BCUT2D eigenvalue weighted by molar-refractivity contribution is 0.164. The molecule has 0 aliphatic heterocycles. The largest absolute Gasteiger partial charge is 0.494 e. The van der Waals surface area contributed by atoms with Gasteiger partial charge in [-0.05, 0) is 37.0 Å². The van der Waals surface area contributed by atoms with E-state index in [4.69, 9.17) is 4.74 Å². The molecule has 0 saturated heterocycles. The van der Waals surface area contributed by atoms with Crippen molar-refractivity contribution in [1.29, 1.82) is 0 Å². The van der Waals surface area contributed by atoms with Gasteiger partial charge in [0, 0.05) is 5.92 Å². The number of aliphatic hydroxyl groups excluding tert-OH is 1. The molecule has 0 bridgehead atoms. The van der Waals surface area contributed by atoms with Crippen LogP contribution >= 0.6 is 0 Å². The van der Waals surface area contributed by atoms with Crippen LogP contribution in [0.3, 0.4) is 0 Å². The standard InChI is InChI=1S/C14H20O2/c1-2-10-16-12-8-6-11(7-9-12)13-4-3-5-14(13)15/h6-9,13-15H,2-5,10H2,1H3. The molecular formula is C14H20O2. The van der Waals surface area contributed by atoms with Crippen molar-refractivity contribution in [3.63, 3.8) is 0 Å². The molecule has 1 saturated carbocycles. The van der Waals surface area contributed by atoms with Crippen LogP contribution in [0.15, 0.2) is 24.3 Å². The van der Waals surface area contributed by atoms with Crippen LogP contribution in [0.2, 0.25) is 0 Å². The first-order valence-electron chi connectivity index (χ1n) is 6.22. The van der Waals surface area contributed by atoms with Crippen LogP contribution in [-0.4, -0.2) is 17.8 Å². The third kappa shape index (κ3) is 2.56. The van der Waals surface area contributed by atoms with Crippen LogP contribution in [0.4, 0.5) is 0 Å². The van der Waals surface area contributed by atoms with Gasteiger partial charge in [0.1, 0.15) is 5.75 Å². The summed E-state index contributed by atoms with van der Waals surface area (Å²) in [6.45, 7) is 2.87. The number of rotatable bonds is 4. The van der Waals surface area contributed by atoms with Gasteiger partial charge in [0.15, 0.2) is 0 Å². The Morgan fingerprint density at radius 3 is 2.56 bits per heavy atom. The zero-order valence-corrected chi connectivity index (χ0v) is 9.86. The van der Waals surface area contributed by atoms with Crippen LogP contribution in [0.5, 0.6) is 5.75 Å². The Balaban J connectivity index is 2.01. The Hall–Kier alpha value is -1.02. The van der Waals surface area contributed by atoms with Crippen molar-refractivity contribution in [1.82, 2.24) is 0 Å². The minimum Gasteiger partial charge on any atom is -0.494 e. The lowest BCUT2D eigenvalue weighted by atomic mass is 9.96. The third-order valence-corrected chi connectivity index (χ3v) is 3.26. The fraction of sp³-hybridized carbons (Fsp3) is 0.571. The molecule has 2 rings (SSSR count). The first kappa shape index (κ1) is 11.5. The predicted octanol–water partition coefficient (Wildman–Crippen LogP) is 3.10. The molecule has 88 valence electrons. The van der Waals surface area contributed by atoms with Crippen LogP contribution in [-0.2, 0) is 0 Å². The summed E-state index contributed by atoms with van der Waals surface area (Å²) in [7, 11) is 0. The Kier molecular flexibility index (Phi) is 3.83. The molecule has 0 heterocycles. The summed E-state index contributed by atoms with van der Waals surface area (Å²) in [5.41, 5.74) is 1.24. The highest BCUT2D eigenvalue weighted by molar-refractivity contribution is 5.30. The minimum absolute atomic E-state index is 0.151. The third-order valence-electron chi connectivity index (χ3n) is 3.26. The van der Waals surface area contributed by atoms with Gasteiger partial charge in [-0.1, -0.05) is 25.5 Å². The summed E-state index contributed by atoms with van der Waals surface area (Å²) in [6, 6.07) is 8.19. The second-order valence-electron chi connectivity index (χ2n) is 4.52. The Morgan fingerprint density at radius 1 is 1.25 bits per heavy atom. The van der Waals surface area contributed by atoms with Crippen LogP contribution < -0.4 is 4.74 Å². The van der Waals surface area contributed by atoms with E-state index < -0.39 is 0 Å². The molecule has 1 aromatic carbocycles. The van der Waals surface area contributed by atoms with E-state index in [0.717, 1.165) is 38.0 Å². The van der Waals surface area contributed by atoms with E-state index in [1.54, 1.807) is 0 Å². The normalized spacial score (nSPS) is 24.6. The molecular weight excluding hydrogens is 200 g/mol. The Labute approximate surface area is 97.3 Å². The van der Waals surface area contributed by atoms with Gasteiger partial charge in [-0.2, -0.15) is 0 Å². The van der Waals surface area contributed by atoms with Crippen molar-refractivity contribution >= 4 is 0 Å². The highest BCUT2D eigenvalue weighted by Crippen LogP contribution is 2.35. The second kappa shape index (κ2) is 5.35. The van der Waals surface area contributed by atoms with Gasteiger partial charge >= 0.3 is 0 Å². The first-order chi connectivity index (χ1) is 7.81. The summed E-state index contributed by atoms with van der Waals surface area (Å²) in [5.74, 6) is 1.26. The molecule has 2 nitrogen and oxygen atoms in total. The number of hydrogen-bond acceptors (Lipinski definition) is 2. The lowest BCUT2D eigenvalue weighted by Gasteiger charge is -2.15. The molecule has 0 aromatic heterocycles. The van der Waals surface area contributed by atoms with E-state index in [1.807, 2.05) is 12.1 Å². The van der Waals surface area contributed by atoms with Crippen molar-refractivity contribution in [2.24, 2.45) is 0 Å². The maximum atomic E-state index is 9.82. The summed E-state index contributed by atoms with van der Waals surface area (Å²) in [5, 5.41) is 9.82. The van der Waals surface area contributed by atoms with Crippen molar-refractivity contribution in [2.45, 2.75) is 44.6 Å². The summed E-state index contributed by atoms with van der Waals surface area (Å²) in [4.78, 5) is 0. The summed E-state index contributed by atoms with van der Waals surface area (Å²) >= 11 is 0. The van der Waals surface area contributed by atoms with E-state index in [0.29, 0.717) is 5.92 Å².